The van der Waals surface area contributed by atoms with Gasteiger partial charge in [-0.25, -0.2) is 4.39 Å². The minimum atomic E-state index is -0.373. The van der Waals surface area contributed by atoms with Gasteiger partial charge in [0, 0.05) is 11.3 Å². The predicted octanol–water partition coefficient (Wildman–Crippen LogP) is 4.25. The van der Waals surface area contributed by atoms with Crippen LogP contribution in [-0.4, -0.2) is 11.0 Å². The highest BCUT2D eigenvalue weighted by Crippen LogP contribution is 2.25. The first kappa shape index (κ1) is 17.1. The molecule has 5 heteroatoms. The number of amides is 1. The molecule has 1 amide bonds. The van der Waals surface area contributed by atoms with Crippen molar-refractivity contribution in [2.75, 3.05) is 5.32 Å². The summed E-state index contributed by atoms with van der Waals surface area (Å²) in [5, 5.41) is 5.57. The van der Waals surface area contributed by atoms with Crippen LogP contribution in [0.4, 0.5) is 10.1 Å². The molecule has 2 aromatic rings. The zero-order chi connectivity index (χ0) is 17.0. The minimum Gasteiger partial charge on any atom is -0.332 e. The molecule has 120 valence electrons. The summed E-state index contributed by atoms with van der Waals surface area (Å²) in [5.41, 5.74) is 1.83. The van der Waals surface area contributed by atoms with Gasteiger partial charge in [-0.1, -0.05) is 45.0 Å². The molecule has 23 heavy (non-hydrogen) atoms. The molecule has 0 heterocycles. The Labute approximate surface area is 140 Å². The number of carbonyl (C=O) groups is 1. The Kier molecular flexibility index (Phi) is 5.11. The first-order chi connectivity index (χ1) is 10.8. The number of anilines is 1. The van der Waals surface area contributed by atoms with E-state index < -0.39 is 0 Å². The summed E-state index contributed by atoms with van der Waals surface area (Å²) >= 11 is 5.13. The first-order valence-corrected chi connectivity index (χ1v) is 7.65. The summed E-state index contributed by atoms with van der Waals surface area (Å²) in [4.78, 5) is 12.5. The Morgan fingerprint density at radius 1 is 1.09 bits per heavy atom. The average Bonchev–Trinajstić information content (AvgIpc) is 2.46. The lowest BCUT2D eigenvalue weighted by atomic mass is 9.83. The van der Waals surface area contributed by atoms with E-state index in [4.69, 9.17) is 12.2 Å². The van der Waals surface area contributed by atoms with Crippen LogP contribution in [0.5, 0.6) is 0 Å². The van der Waals surface area contributed by atoms with E-state index in [1.165, 1.54) is 12.1 Å². The number of carbonyl (C=O) groups excluding carboxylic acids is 1. The summed E-state index contributed by atoms with van der Waals surface area (Å²) in [6.45, 7) is 6.13. The molecule has 0 bridgehead atoms. The standard InChI is InChI=1S/C18H19FN2OS/c1-18(2,3)15-10-5-4-9-14(15)16(22)21-17(23)20-13-8-6-7-12(19)11-13/h4-11H,1-3H3,(H2,20,21,22,23). The van der Waals surface area contributed by atoms with Crippen molar-refractivity contribution in [1.29, 1.82) is 0 Å². The number of halogens is 1. The van der Waals surface area contributed by atoms with Gasteiger partial charge in [0.05, 0.1) is 0 Å². The number of benzene rings is 2. The Bertz CT molecular complexity index is 738. The second-order valence-corrected chi connectivity index (χ2v) is 6.62. The van der Waals surface area contributed by atoms with Gasteiger partial charge in [0.2, 0.25) is 0 Å². The van der Waals surface area contributed by atoms with Crippen LogP contribution >= 0.6 is 12.2 Å². The molecule has 2 rings (SSSR count). The zero-order valence-corrected chi connectivity index (χ0v) is 14.1. The summed E-state index contributed by atoms with van der Waals surface area (Å²) < 4.78 is 13.2. The van der Waals surface area contributed by atoms with Gasteiger partial charge < -0.3 is 5.32 Å². The van der Waals surface area contributed by atoms with Crippen molar-refractivity contribution in [2.45, 2.75) is 26.2 Å². The molecule has 0 atom stereocenters. The highest BCUT2D eigenvalue weighted by atomic mass is 32.1. The molecule has 3 nitrogen and oxygen atoms in total. The number of hydrogen-bond donors (Lipinski definition) is 2. The Morgan fingerprint density at radius 2 is 1.78 bits per heavy atom. The maximum atomic E-state index is 13.2. The molecular weight excluding hydrogens is 311 g/mol. The monoisotopic (exact) mass is 330 g/mol. The van der Waals surface area contributed by atoms with Gasteiger partial charge in [-0.05, 0) is 47.5 Å². The van der Waals surface area contributed by atoms with Crippen molar-refractivity contribution in [3.63, 3.8) is 0 Å². The van der Waals surface area contributed by atoms with Crippen molar-refractivity contribution < 1.29 is 9.18 Å². The van der Waals surface area contributed by atoms with Crippen LogP contribution in [0.3, 0.4) is 0 Å². The average molecular weight is 330 g/mol. The van der Waals surface area contributed by atoms with Crippen molar-refractivity contribution in [3.8, 4) is 0 Å². The van der Waals surface area contributed by atoms with Crippen LogP contribution in [0.25, 0.3) is 0 Å². The van der Waals surface area contributed by atoms with Gasteiger partial charge in [0.15, 0.2) is 5.11 Å². The molecule has 0 unspecified atom stereocenters. The lowest BCUT2D eigenvalue weighted by Crippen LogP contribution is -2.35. The molecule has 0 saturated heterocycles. The van der Waals surface area contributed by atoms with E-state index in [2.05, 4.69) is 10.6 Å². The van der Waals surface area contributed by atoms with Crippen LogP contribution in [0.2, 0.25) is 0 Å². The van der Waals surface area contributed by atoms with E-state index in [-0.39, 0.29) is 22.3 Å². The van der Waals surface area contributed by atoms with E-state index in [1.54, 1.807) is 18.2 Å². The van der Waals surface area contributed by atoms with Crippen LogP contribution in [0, 0.1) is 5.82 Å². The van der Waals surface area contributed by atoms with Crippen molar-refractivity contribution >= 4 is 28.9 Å². The van der Waals surface area contributed by atoms with E-state index in [1.807, 2.05) is 39.0 Å². The van der Waals surface area contributed by atoms with Crippen molar-refractivity contribution in [3.05, 3.63) is 65.5 Å². The van der Waals surface area contributed by atoms with Crippen LogP contribution in [0.1, 0.15) is 36.7 Å². The zero-order valence-electron chi connectivity index (χ0n) is 13.3. The molecule has 2 aromatic carbocycles. The molecule has 0 saturated carbocycles. The molecule has 0 radical (unpaired) electrons. The van der Waals surface area contributed by atoms with Gasteiger partial charge in [-0.2, -0.15) is 0 Å². The smallest absolute Gasteiger partial charge is 0.257 e. The summed E-state index contributed by atoms with van der Waals surface area (Å²) in [7, 11) is 0. The largest absolute Gasteiger partial charge is 0.332 e. The summed E-state index contributed by atoms with van der Waals surface area (Å²) in [6.07, 6.45) is 0. The van der Waals surface area contributed by atoms with E-state index >= 15 is 0 Å². The SMILES string of the molecule is CC(C)(C)c1ccccc1C(=O)NC(=S)Nc1cccc(F)c1. The van der Waals surface area contributed by atoms with E-state index in [0.29, 0.717) is 11.3 Å². The van der Waals surface area contributed by atoms with Crippen molar-refractivity contribution in [1.82, 2.24) is 5.32 Å². The fourth-order valence-corrected chi connectivity index (χ4v) is 2.44. The minimum absolute atomic E-state index is 0.129. The predicted molar refractivity (Wildman–Crippen MR) is 95.2 cm³/mol. The van der Waals surface area contributed by atoms with Crippen LogP contribution in [-0.2, 0) is 5.41 Å². The number of nitrogens with one attached hydrogen (secondary N) is 2. The first-order valence-electron chi connectivity index (χ1n) is 7.25. The third-order valence-corrected chi connectivity index (χ3v) is 3.49. The quantitative estimate of drug-likeness (QED) is 0.809. The lowest BCUT2D eigenvalue weighted by Gasteiger charge is -2.22. The topological polar surface area (TPSA) is 41.1 Å². The van der Waals surface area contributed by atoms with Gasteiger partial charge in [-0.15, -0.1) is 0 Å². The number of thiocarbonyl (C=S) groups is 1. The van der Waals surface area contributed by atoms with Gasteiger partial charge in [0.1, 0.15) is 5.82 Å². The summed E-state index contributed by atoms with van der Waals surface area (Å²) in [6, 6.07) is 13.3. The third-order valence-electron chi connectivity index (χ3n) is 3.29. The van der Waals surface area contributed by atoms with Crippen LogP contribution in [0.15, 0.2) is 48.5 Å². The Morgan fingerprint density at radius 3 is 2.43 bits per heavy atom. The molecule has 0 aliphatic rings. The lowest BCUT2D eigenvalue weighted by molar-refractivity contribution is 0.0975. The molecule has 0 aromatic heterocycles. The number of hydrogen-bond acceptors (Lipinski definition) is 2. The maximum Gasteiger partial charge on any atom is 0.257 e. The molecular formula is C18H19FN2OS. The fourth-order valence-electron chi connectivity index (χ4n) is 2.23. The fraction of sp³-hybridized carbons (Fsp3) is 0.222. The van der Waals surface area contributed by atoms with Gasteiger partial charge >= 0.3 is 0 Å². The molecule has 0 fully saturated rings. The molecule has 0 aliphatic heterocycles. The normalized spacial score (nSPS) is 11.0. The third kappa shape index (κ3) is 4.60. The Balaban J connectivity index is 2.12. The molecule has 0 aliphatic carbocycles. The molecule has 2 N–H and O–H groups in total. The maximum absolute atomic E-state index is 13.2. The molecule has 0 spiro atoms. The van der Waals surface area contributed by atoms with E-state index in [0.717, 1.165) is 5.56 Å². The second-order valence-electron chi connectivity index (χ2n) is 6.21. The highest BCUT2D eigenvalue weighted by Gasteiger charge is 2.21. The number of rotatable bonds is 2. The van der Waals surface area contributed by atoms with Gasteiger partial charge in [0.25, 0.3) is 5.91 Å². The highest BCUT2D eigenvalue weighted by molar-refractivity contribution is 7.80. The van der Waals surface area contributed by atoms with Gasteiger partial charge in [-0.3, -0.25) is 10.1 Å². The van der Waals surface area contributed by atoms with E-state index in [9.17, 15) is 9.18 Å². The Hall–Kier alpha value is -2.27. The van der Waals surface area contributed by atoms with Crippen LogP contribution < -0.4 is 10.6 Å². The van der Waals surface area contributed by atoms with Crippen molar-refractivity contribution in [2.24, 2.45) is 0 Å². The second kappa shape index (κ2) is 6.87. The summed E-state index contributed by atoms with van der Waals surface area (Å²) in [5.74, 6) is -0.661.